The molecule has 0 atom stereocenters. The Morgan fingerprint density at radius 2 is 1.53 bits per heavy atom. The second-order valence-electron chi connectivity index (χ2n) is 7.96. The van der Waals surface area contributed by atoms with E-state index in [1.807, 2.05) is 30.3 Å². The van der Waals surface area contributed by atoms with E-state index in [2.05, 4.69) is 5.32 Å². The largest absolute Gasteiger partial charge is 0.456 e. The molecule has 0 bridgehead atoms. The summed E-state index contributed by atoms with van der Waals surface area (Å²) in [6, 6.07) is 25.4. The second kappa shape index (κ2) is 9.16. The van der Waals surface area contributed by atoms with E-state index < -0.39 is 27.4 Å². The van der Waals surface area contributed by atoms with Crippen molar-refractivity contribution in [2.24, 2.45) is 0 Å². The number of hydrogen-bond donors (Lipinski definition) is 1. The van der Waals surface area contributed by atoms with Crippen molar-refractivity contribution < 1.29 is 22.6 Å². The van der Waals surface area contributed by atoms with Gasteiger partial charge in [-0.1, -0.05) is 36.4 Å². The van der Waals surface area contributed by atoms with Crippen molar-refractivity contribution in [3.63, 3.8) is 0 Å². The van der Waals surface area contributed by atoms with Gasteiger partial charge in [0.2, 0.25) is 5.91 Å². The molecule has 0 radical (unpaired) electrons. The zero-order valence-electron chi connectivity index (χ0n) is 18.7. The SMILES string of the molecule is O=C(CN(c1ccc([N+](=O)[O-])cc1)S(=O)(=O)c1ccccc1)Nc1ccc2c(c1)oc1ccccc12. The highest BCUT2D eigenvalue weighted by molar-refractivity contribution is 7.92. The topological polar surface area (TPSA) is 123 Å². The Morgan fingerprint density at radius 1 is 0.861 bits per heavy atom. The van der Waals surface area contributed by atoms with Crippen LogP contribution in [0.2, 0.25) is 0 Å². The number of nitro benzene ring substituents is 1. The van der Waals surface area contributed by atoms with Gasteiger partial charge in [-0.15, -0.1) is 0 Å². The van der Waals surface area contributed by atoms with Crippen LogP contribution in [0.25, 0.3) is 21.9 Å². The molecule has 5 aromatic rings. The number of nitrogens with zero attached hydrogens (tertiary/aromatic N) is 2. The smallest absolute Gasteiger partial charge is 0.269 e. The van der Waals surface area contributed by atoms with Crippen LogP contribution in [0, 0.1) is 10.1 Å². The van der Waals surface area contributed by atoms with E-state index in [-0.39, 0.29) is 16.3 Å². The molecule has 9 nitrogen and oxygen atoms in total. The fourth-order valence-electron chi connectivity index (χ4n) is 3.91. The van der Waals surface area contributed by atoms with E-state index in [0.29, 0.717) is 16.9 Å². The number of sulfonamides is 1. The predicted molar refractivity (Wildman–Crippen MR) is 136 cm³/mol. The summed E-state index contributed by atoms with van der Waals surface area (Å²) in [5.41, 5.74) is 1.66. The van der Waals surface area contributed by atoms with Gasteiger partial charge in [-0.3, -0.25) is 19.2 Å². The molecular formula is C26H19N3O6S. The molecule has 0 aliphatic heterocycles. The highest BCUT2D eigenvalue weighted by atomic mass is 32.2. The van der Waals surface area contributed by atoms with E-state index in [1.165, 1.54) is 36.4 Å². The van der Waals surface area contributed by atoms with Crippen LogP contribution in [-0.4, -0.2) is 25.8 Å². The van der Waals surface area contributed by atoms with Crippen molar-refractivity contribution >= 4 is 54.9 Å². The maximum atomic E-state index is 13.4. The number of hydrogen-bond acceptors (Lipinski definition) is 6. The summed E-state index contributed by atoms with van der Waals surface area (Å²) in [7, 11) is -4.14. The number of para-hydroxylation sites is 1. The Hall–Kier alpha value is -4.70. The third-order valence-corrected chi connectivity index (χ3v) is 7.42. The summed E-state index contributed by atoms with van der Waals surface area (Å²) in [5.74, 6) is -0.594. The lowest BCUT2D eigenvalue weighted by atomic mass is 10.1. The molecule has 0 spiro atoms. The van der Waals surface area contributed by atoms with E-state index in [4.69, 9.17) is 4.42 Å². The minimum absolute atomic E-state index is 0.0140. The van der Waals surface area contributed by atoms with Crippen molar-refractivity contribution in [3.8, 4) is 0 Å². The molecule has 180 valence electrons. The summed E-state index contributed by atoms with van der Waals surface area (Å²) in [6.07, 6.45) is 0. The van der Waals surface area contributed by atoms with E-state index in [9.17, 15) is 23.3 Å². The van der Waals surface area contributed by atoms with Gasteiger partial charge in [-0.2, -0.15) is 0 Å². The van der Waals surface area contributed by atoms with Crippen molar-refractivity contribution in [2.45, 2.75) is 4.90 Å². The number of benzene rings is 4. The summed E-state index contributed by atoms with van der Waals surface area (Å²) in [6.45, 7) is -0.548. The predicted octanol–water partition coefficient (Wildman–Crippen LogP) is 5.33. The standard InChI is InChI=1S/C26H19N3O6S/c30-26(27-18-10-15-23-22-8-4-5-9-24(22)35-25(23)16-18)17-28(19-11-13-20(14-12-19)29(31)32)36(33,34)21-6-2-1-3-7-21/h1-16H,17H2,(H,27,30). The number of non-ortho nitro benzene ring substituents is 1. The Labute approximate surface area is 205 Å². The molecule has 0 unspecified atom stereocenters. The van der Waals surface area contributed by atoms with Gasteiger partial charge in [-0.05, 0) is 42.5 Å². The molecule has 0 fully saturated rings. The van der Waals surface area contributed by atoms with Gasteiger partial charge < -0.3 is 9.73 Å². The number of nitrogens with one attached hydrogen (secondary N) is 1. The molecule has 10 heteroatoms. The third-order valence-electron chi connectivity index (χ3n) is 5.63. The molecule has 0 aliphatic carbocycles. The van der Waals surface area contributed by atoms with Crippen molar-refractivity contribution in [3.05, 3.63) is 107 Å². The highest BCUT2D eigenvalue weighted by Gasteiger charge is 2.27. The number of amides is 1. The highest BCUT2D eigenvalue weighted by Crippen LogP contribution is 2.31. The van der Waals surface area contributed by atoms with Crippen LogP contribution >= 0.6 is 0 Å². The lowest BCUT2D eigenvalue weighted by Gasteiger charge is -2.24. The summed E-state index contributed by atoms with van der Waals surface area (Å²) < 4.78 is 33.6. The molecule has 36 heavy (non-hydrogen) atoms. The van der Waals surface area contributed by atoms with E-state index >= 15 is 0 Å². The summed E-state index contributed by atoms with van der Waals surface area (Å²) in [5, 5.41) is 15.6. The molecule has 1 amide bonds. The average molecular weight is 502 g/mol. The van der Waals surface area contributed by atoms with Gasteiger partial charge >= 0.3 is 0 Å². The zero-order valence-corrected chi connectivity index (χ0v) is 19.5. The lowest BCUT2D eigenvalue weighted by molar-refractivity contribution is -0.384. The number of carbonyl (C=O) groups excluding carboxylic acids is 1. The normalized spacial score (nSPS) is 11.4. The van der Waals surface area contributed by atoms with Gasteiger partial charge in [0.05, 0.1) is 15.5 Å². The van der Waals surface area contributed by atoms with Gasteiger partial charge in [0.15, 0.2) is 0 Å². The number of rotatable bonds is 7. The second-order valence-corrected chi connectivity index (χ2v) is 9.82. The average Bonchev–Trinajstić information content (AvgIpc) is 3.25. The Bertz CT molecular complexity index is 1700. The van der Waals surface area contributed by atoms with Crippen LogP contribution in [0.4, 0.5) is 17.1 Å². The van der Waals surface area contributed by atoms with Crippen LogP contribution in [0.1, 0.15) is 0 Å². The number of nitro groups is 1. The minimum atomic E-state index is -4.14. The van der Waals surface area contributed by atoms with Gasteiger partial charge in [0, 0.05) is 34.7 Å². The van der Waals surface area contributed by atoms with Gasteiger partial charge in [0.1, 0.15) is 17.7 Å². The van der Waals surface area contributed by atoms with Crippen LogP contribution in [0.15, 0.2) is 106 Å². The first-order valence-corrected chi connectivity index (χ1v) is 12.3. The van der Waals surface area contributed by atoms with E-state index in [1.54, 1.807) is 30.3 Å². The zero-order chi connectivity index (χ0) is 25.3. The molecule has 1 aromatic heterocycles. The molecule has 1 N–H and O–H groups in total. The lowest BCUT2D eigenvalue weighted by Crippen LogP contribution is -2.38. The number of furan rings is 1. The Balaban J connectivity index is 1.45. The molecule has 5 rings (SSSR count). The first-order valence-electron chi connectivity index (χ1n) is 10.9. The maximum absolute atomic E-state index is 13.4. The number of fused-ring (bicyclic) bond motifs is 3. The van der Waals surface area contributed by atoms with Crippen molar-refractivity contribution in [2.75, 3.05) is 16.2 Å². The number of carbonyl (C=O) groups is 1. The first kappa shape index (κ1) is 23.1. The minimum Gasteiger partial charge on any atom is -0.456 e. The molecule has 1 heterocycles. The first-order chi connectivity index (χ1) is 17.3. The molecule has 0 saturated carbocycles. The van der Waals surface area contributed by atoms with Gasteiger partial charge in [0.25, 0.3) is 15.7 Å². The van der Waals surface area contributed by atoms with Gasteiger partial charge in [-0.25, -0.2) is 8.42 Å². The van der Waals surface area contributed by atoms with Crippen molar-refractivity contribution in [1.29, 1.82) is 0 Å². The number of anilines is 2. The monoisotopic (exact) mass is 501 g/mol. The maximum Gasteiger partial charge on any atom is 0.269 e. The Kier molecular flexibility index (Phi) is 5.87. The molecular weight excluding hydrogens is 482 g/mol. The van der Waals surface area contributed by atoms with Crippen molar-refractivity contribution in [1.82, 2.24) is 0 Å². The fraction of sp³-hybridized carbons (Fsp3) is 0.0385. The summed E-state index contributed by atoms with van der Waals surface area (Å²) >= 11 is 0. The van der Waals surface area contributed by atoms with E-state index in [0.717, 1.165) is 15.1 Å². The quantitative estimate of drug-likeness (QED) is 0.238. The van der Waals surface area contributed by atoms with Crippen LogP contribution in [0.5, 0.6) is 0 Å². The van der Waals surface area contributed by atoms with Crippen LogP contribution in [-0.2, 0) is 14.8 Å². The molecule has 0 aliphatic rings. The summed E-state index contributed by atoms with van der Waals surface area (Å²) in [4.78, 5) is 23.4. The van der Waals surface area contributed by atoms with Crippen LogP contribution in [0.3, 0.4) is 0 Å². The van der Waals surface area contributed by atoms with Crippen LogP contribution < -0.4 is 9.62 Å². The molecule has 0 saturated heterocycles. The fourth-order valence-corrected chi connectivity index (χ4v) is 5.35. The molecule has 4 aromatic carbocycles. The Morgan fingerprint density at radius 3 is 2.25 bits per heavy atom. The third kappa shape index (κ3) is 4.37.